The highest BCUT2D eigenvalue weighted by Gasteiger charge is 2.11. The molecule has 0 aliphatic heterocycles. The van der Waals surface area contributed by atoms with Gasteiger partial charge >= 0.3 is 5.97 Å². The van der Waals surface area contributed by atoms with E-state index in [2.05, 4.69) is 0 Å². The molecule has 86 valence electrons. The van der Waals surface area contributed by atoms with Crippen LogP contribution in [0.4, 0.5) is 0 Å². The van der Waals surface area contributed by atoms with E-state index in [1.807, 2.05) is 30.3 Å². The Bertz CT molecular complexity index is 360. The Kier molecular flexibility index (Phi) is 5.50. The van der Waals surface area contributed by atoms with E-state index in [4.69, 9.17) is 9.84 Å². The molecule has 1 rings (SSSR count). The number of carbonyl (C=O) groups excluding carboxylic acids is 1. The number of hydrogen-bond donors (Lipinski definition) is 1. The molecule has 0 saturated heterocycles. The van der Waals surface area contributed by atoms with Crippen LogP contribution in [-0.2, 0) is 15.3 Å². The summed E-state index contributed by atoms with van der Waals surface area (Å²) >= 11 is 1.26. The topological polar surface area (TPSA) is 46.5 Å². The molecule has 0 aromatic heterocycles. The van der Waals surface area contributed by atoms with Gasteiger partial charge in [-0.25, -0.2) is 4.79 Å². The highest BCUT2D eigenvalue weighted by Crippen LogP contribution is 2.21. The zero-order valence-corrected chi connectivity index (χ0v) is 9.87. The number of ether oxygens (including phenoxy) is 1. The first-order chi connectivity index (χ1) is 7.77. The zero-order valence-electron chi connectivity index (χ0n) is 9.05. The van der Waals surface area contributed by atoms with Crippen molar-refractivity contribution in [2.45, 2.75) is 12.7 Å². The molecule has 0 amide bonds. The average Bonchev–Trinajstić information content (AvgIpc) is 2.31. The Balaban J connectivity index is 2.50. The average molecular weight is 238 g/mol. The van der Waals surface area contributed by atoms with Crippen molar-refractivity contribution in [3.8, 4) is 0 Å². The number of thioether (sulfide) groups is 1. The first kappa shape index (κ1) is 12.6. The molecule has 0 saturated carbocycles. The molecule has 0 heterocycles. The van der Waals surface area contributed by atoms with Gasteiger partial charge in [-0.2, -0.15) is 0 Å². The van der Waals surface area contributed by atoms with E-state index in [-0.39, 0.29) is 4.91 Å². The van der Waals surface area contributed by atoms with Gasteiger partial charge in [0.15, 0.2) is 0 Å². The van der Waals surface area contributed by atoms with Crippen molar-refractivity contribution in [2.24, 2.45) is 0 Å². The van der Waals surface area contributed by atoms with Gasteiger partial charge in [-0.3, -0.25) is 0 Å². The van der Waals surface area contributed by atoms with Crippen LogP contribution in [0.5, 0.6) is 0 Å². The van der Waals surface area contributed by atoms with Crippen molar-refractivity contribution >= 4 is 17.7 Å². The molecule has 0 atom stereocenters. The summed E-state index contributed by atoms with van der Waals surface area (Å²) in [4.78, 5) is 11.6. The first-order valence-electron chi connectivity index (χ1n) is 4.96. The van der Waals surface area contributed by atoms with Crippen molar-refractivity contribution in [1.82, 2.24) is 0 Å². The maximum Gasteiger partial charge on any atom is 0.347 e. The molecule has 0 aliphatic rings. The Morgan fingerprint density at radius 3 is 2.69 bits per heavy atom. The highest BCUT2D eigenvalue weighted by molar-refractivity contribution is 8.03. The van der Waals surface area contributed by atoms with Gasteiger partial charge in [-0.1, -0.05) is 30.3 Å². The van der Waals surface area contributed by atoms with Gasteiger partial charge in [0.2, 0.25) is 0 Å². The molecule has 3 nitrogen and oxygen atoms in total. The Labute approximate surface area is 99.1 Å². The summed E-state index contributed by atoms with van der Waals surface area (Å²) in [6.45, 7) is 2.04. The molecule has 1 aromatic rings. The molecule has 0 spiro atoms. The molecular weight excluding hydrogens is 224 g/mol. The molecular formula is C12H14O3S. The summed E-state index contributed by atoms with van der Waals surface area (Å²) in [6, 6.07) is 9.73. The number of rotatable bonds is 5. The predicted molar refractivity (Wildman–Crippen MR) is 65.1 cm³/mol. The molecule has 1 N–H and O–H groups in total. The lowest BCUT2D eigenvalue weighted by atomic mass is 10.2. The van der Waals surface area contributed by atoms with Crippen LogP contribution in [0.25, 0.3) is 0 Å². The third-order valence-corrected chi connectivity index (χ3v) is 2.89. The zero-order chi connectivity index (χ0) is 11.8. The van der Waals surface area contributed by atoms with E-state index in [9.17, 15) is 4.79 Å². The SMILES string of the molecule is CCOC(=O)/C(=C\O)SCc1ccccc1. The van der Waals surface area contributed by atoms with E-state index in [1.54, 1.807) is 6.92 Å². The van der Waals surface area contributed by atoms with Crippen molar-refractivity contribution in [3.63, 3.8) is 0 Å². The van der Waals surface area contributed by atoms with Crippen LogP contribution in [0.1, 0.15) is 12.5 Å². The predicted octanol–water partition coefficient (Wildman–Crippen LogP) is 2.88. The minimum Gasteiger partial charge on any atom is -0.514 e. The van der Waals surface area contributed by atoms with Crippen LogP contribution in [0.2, 0.25) is 0 Å². The Morgan fingerprint density at radius 2 is 2.12 bits per heavy atom. The molecule has 4 heteroatoms. The third kappa shape index (κ3) is 3.98. The van der Waals surface area contributed by atoms with Gasteiger partial charge < -0.3 is 9.84 Å². The second-order valence-corrected chi connectivity index (χ2v) is 4.01. The summed E-state index contributed by atoms with van der Waals surface area (Å²) < 4.78 is 4.80. The summed E-state index contributed by atoms with van der Waals surface area (Å²) in [5.41, 5.74) is 1.09. The van der Waals surface area contributed by atoms with Crippen LogP contribution in [0.15, 0.2) is 41.5 Å². The van der Waals surface area contributed by atoms with Gasteiger partial charge in [-0.15, -0.1) is 11.8 Å². The fourth-order valence-corrected chi connectivity index (χ4v) is 1.85. The third-order valence-electron chi connectivity index (χ3n) is 1.83. The minimum atomic E-state index is -0.481. The normalized spacial score (nSPS) is 11.2. The number of aliphatic hydroxyl groups excluding tert-OH is 1. The van der Waals surface area contributed by atoms with Gasteiger partial charge in [0, 0.05) is 5.75 Å². The largest absolute Gasteiger partial charge is 0.514 e. The monoisotopic (exact) mass is 238 g/mol. The molecule has 0 radical (unpaired) electrons. The lowest BCUT2D eigenvalue weighted by Gasteiger charge is -2.05. The summed E-state index contributed by atoms with van der Waals surface area (Å²) in [5.74, 6) is 0.150. The number of esters is 1. The maximum atomic E-state index is 11.3. The van der Waals surface area contributed by atoms with Crippen molar-refractivity contribution < 1.29 is 14.6 Å². The lowest BCUT2D eigenvalue weighted by Crippen LogP contribution is -2.05. The van der Waals surface area contributed by atoms with E-state index in [0.717, 1.165) is 11.8 Å². The van der Waals surface area contributed by atoms with E-state index in [0.29, 0.717) is 12.4 Å². The number of benzene rings is 1. The van der Waals surface area contributed by atoms with Gasteiger partial charge in [0.05, 0.1) is 6.61 Å². The van der Waals surface area contributed by atoms with E-state index >= 15 is 0 Å². The number of aliphatic hydroxyl groups is 1. The van der Waals surface area contributed by atoms with Gasteiger partial charge in [-0.05, 0) is 12.5 Å². The quantitative estimate of drug-likeness (QED) is 0.487. The van der Waals surface area contributed by atoms with E-state index < -0.39 is 5.97 Å². The van der Waals surface area contributed by atoms with Gasteiger partial charge in [0.25, 0.3) is 0 Å². The molecule has 0 unspecified atom stereocenters. The number of hydrogen-bond acceptors (Lipinski definition) is 4. The van der Waals surface area contributed by atoms with Crippen molar-refractivity contribution in [3.05, 3.63) is 47.1 Å². The molecule has 0 bridgehead atoms. The van der Waals surface area contributed by atoms with Crippen LogP contribution < -0.4 is 0 Å². The molecule has 0 aliphatic carbocycles. The van der Waals surface area contributed by atoms with Crippen LogP contribution in [-0.4, -0.2) is 17.7 Å². The fraction of sp³-hybridized carbons (Fsp3) is 0.250. The first-order valence-corrected chi connectivity index (χ1v) is 5.94. The Hall–Kier alpha value is -1.42. The summed E-state index contributed by atoms with van der Waals surface area (Å²) in [5, 5.41) is 8.92. The Morgan fingerprint density at radius 1 is 1.44 bits per heavy atom. The smallest absolute Gasteiger partial charge is 0.347 e. The van der Waals surface area contributed by atoms with Crippen molar-refractivity contribution in [1.29, 1.82) is 0 Å². The minimum absolute atomic E-state index is 0.228. The number of carbonyl (C=O) groups is 1. The second-order valence-electron chi connectivity index (χ2n) is 2.99. The maximum absolute atomic E-state index is 11.3. The van der Waals surface area contributed by atoms with Crippen LogP contribution in [0, 0.1) is 0 Å². The molecule has 0 fully saturated rings. The highest BCUT2D eigenvalue weighted by atomic mass is 32.2. The van der Waals surface area contributed by atoms with Crippen LogP contribution >= 0.6 is 11.8 Å². The fourth-order valence-electron chi connectivity index (χ4n) is 1.09. The summed E-state index contributed by atoms with van der Waals surface area (Å²) in [6.07, 6.45) is 0.797. The standard InChI is InChI=1S/C12H14O3S/c1-2-15-12(14)11(8-13)16-9-10-6-4-3-5-7-10/h3-8,13H,2,9H2,1H3/b11-8+. The second kappa shape index (κ2) is 6.95. The molecule has 16 heavy (non-hydrogen) atoms. The molecule has 1 aromatic carbocycles. The lowest BCUT2D eigenvalue weighted by molar-refractivity contribution is -0.137. The van der Waals surface area contributed by atoms with Gasteiger partial charge in [0.1, 0.15) is 11.2 Å². The summed E-state index contributed by atoms with van der Waals surface area (Å²) in [7, 11) is 0. The van der Waals surface area contributed by atoms with Crippen molar-refractivity contribution in [2.75, 3.05) is 6.61 Å². The van der Waals surface area contributed by atoms with E-state index in [1.165, 1.54) is 11.8 Å². The van der Waals surface area contributed by atoms with Crippen LogP contribution in [0.3, 0.4) is 0 Å².